The summed E-state index contributed by atoms with van der Waals surface area (Å²) in [7, 11) is 0. The highest BCUT2D eigenvalue weighted by Crippen LogP contribution is 2.24. The second-order valence-corrected chi connectivity index (χ2v) is 4.58. The van der Waals surface area contributed by atoms with E-state index in [1.165, 1.54) is 12.1 Å². The third-order valence-corrected chi connectivity index (χ3v) is 3.29. The summed E-state index contributed by atoms with van der Waals surface area (Å²) in [5.74, 6) is -0.764. The summed E-state index contributed by atoms with van der Waals surface area (Å²) in [5, 5.41) is 2.11. The molecule has 0 aromatic heterocycles. The molecule has 21 heavy (non-hydrogen) atoms. The molecule has 0 aliphatic carbocycles. The number of hydrogen-bond donors (Lipinski definition) is 1. The van der Waals surface area contributed by atoms with Gasteiger partial charge in [0, 0.05) is 0 Å². The third-order valence-electron chi connectivity index (χ3n) is 3.29. The van der Waals surface area contributed by atoms with Crippen molar-refractivity contribution < 1.29 is 18.8 Å². The van der Waals surface area contributed by atoms with Crippen LogP contribution in [-0.4, -0.2) is 28.8 Å². The van der Waals surface area contributed by atoms with Crippen molar-refractivity contribution in [1.82, 2.24) is 10.2 Å². The topological polar surface area (TPSA) is 66.5 Å². The Morgan fingerprint density at radius 2 is 1.95 bits per heavy atom. The lowest BCUT2D eigenvalue weighted by atomic mass is 9.94. The van der Waals surface area contributed by atoms with Crippen LogP contribution in [0.2, 0.25) is 0 Å². The Morgan fingerprint density at radius 3 is 2.48 bits per heavy atom. The van der Waals surface area contributed by atoms with E-state index in [0.717, 1.165) is 17.0 Å². The fraction of sp³-hybridized carbons (Fsp3) is 0.267. The lowest BCUT2D eigenvalue weighted by molar-refractivity contribution is -0.139. The summed E-state index contributed by atoms with van der Waals surface area (Å²) >= 11 is 0. The molecular formula is C15H13FN2O3. The van der Waals surface area contributed by atoms with Crippen molar-refractivity contribution in [3.8, 4) is 12.3 Å². The van der Waals surface area contributed by atoms with Crippen LogP contribution in [0.3, 0.4) is 0 Å². The molecule has 1 aliphatic heterocycles. The van der Waals surface area contributed by atoms with Gasteiger partial charge in [-0.3, -0.25) is 14.9 Å². The number of rotatable bonds is 3. The number of imide groups is 2. The molecule has 1 N–H and O–H groups in total. The van der Waals surface area contributed by atoms with Gasteiger partial charge in [-0.05, 0) is 24.1 Å². The number of benzene rings is 1. The number of nitrogens with one attached hydrogen (secondary N) is 1. The molecule has 1 aliphatic rings. The Morgan fingerprint density at radius 1 is 1.33 bits per heavy atom. The molecule has 1 aromatic carbocycles. The van der Waals surface area contributed by atoms with Gasteiger partial charge in [0.25, 0.3) is 0 Å². The molecule has 0 spiro atoms. The van der Waals surface area contributed by atoms with E-state index in [1.807, 2.05) is 0 Å². The maximum Gasteiger partial charge on any atom is 0.331 e. The quantitative estimate of drug-likeness (QED) is 0.675. The SMILES string of the molecule is C#CC(CC)N1C(=O)NC(=O)C(c2ccc(F)cc2)C1=O. The zero-order valence-electron chi connectivity index (χ0n) is 11.3. The van der Waals surface area contributed by atoms with Gasteiger partial charge in [0.1, 0.15) is 17.8 Å². The van der Waals surface area contributed by atoms with Crippen molar-refractivity contribution >= 4 is 17.8 Å². The Hall–Kier alpha value is -2.68. The normalized spacial score (nSPS) is 20.0. The Bertz CT molecular complexity index is 633. The molecule has 2 atom stereocenters. The van der Waals surface area contributed by atoms with Gasteiger partial charge in [-0.15, -0.1) is 6.42 Å². The Kier molecular flexibility index (Phi) is 4.03. The number of carbonyl (C=O) groups excluding carboxylic acids is 3. The molecule has 108 valence electrons. The average Bonchev–Trinajstić information content (AvgIpc) is 2.45. The molecule has 2 unspecified atom stereocenters. The van der Waals surface area contributed by atoms with E-state index < -0.39 is 35.6 Å². The number of terminal acetylenes is 1. The summed E-state index contributed by atoms with van der Waals surface area (Å²) < 4.78 is 12.9. The molecule has 1 fully saturated rings. The monoisotopic (exact) mass is 288 g/mol. The van der Waals surface area contributed by atoms with Gasteiger partial charge in [0.15, 0.2) is 0 Å². The highest BCUT2D eigenvalue weighted by molar-refractivity contribution is 6.19. The molecule has 0 radical (unpaired) electrons. The highest BCUT2D eigenvalue weighted by Gasteiger charge is 2.43. The van der Waals surface area contributed by atoms with Crippen LogP contribution < -0.4 is 5.32 Å². The maximum atomic E-state index is 12.9. The molecule has 2 rings (SSSR count). The van der Waals surface area contributed by atoms with E-state index in [9.17, 15) is 18.8 Å². The standard InChI is InChI=1S/C15H13FN2O3/c1-3-11(4-2)18-14(20)12(13(19)17-15(18)21)9-5-7-10(16)8-6-9/h1,5-8,11-12H,4H2,2H3,(H,17,19,21). The van der Waals surface area contributed by atoms with Gasteiger partial charge in [0.05, 0.1) is 0 Å². The minimum Gasteiger partial charge on any atom is -0.277 e. The van der Waals surface area contributed by atoms with Gasteiger partial charge in [-0.1, -0.05) is 25.0 Å². The number of barbiturate groups is 1. The third kappa shape index (κ3) is 2.63. The predicted molar refractivity (Wildman–Crippen MR) is 72.4 cm³/mol. The molecule has 6 heteroatoms. The zero-order valence-corrected chi connectivity index (χ0v) is 11.3. The van der Waals surface area contributed by atoms with Gasteiger partial charge >= 0.3 is 6.03 Å². The van der Waals surface area contributed by atoms with Crippen LogP contribution in [0.15, 0.2) is 24.3 Å². The van der Waals surface area contributed by atoms with E-state index in [-0.39, 0.29) is 0 Å². The molecular weight excluding hydrogens is 275 g/mol. The lowest BCUT2D eigenvalue weighted by Gasteiger charge is -2.33. The number of urea groups is 1. The summed E-state index contributed by atoms with van der Waals surface area (Å²) in [5.41, 5.74) is 0.309. The van der Waals surface area contributed by atoms with Crippen LogP contribution in [0.1, 0.15) is 24.8 Å². The molecule has 0 saturated carbocycles. The smallest absolute Gasteiger partial charge is 0.277 e. The molecule has 0 bridgehead atoms. The second kappa shape index (κ2) is 5.75. The average molecular weight is 288 g/mol. The molecule has 4 amide bonds. The number of halogens is 1. The van der Waals surface area contributed by atoms with Gasteiger partial charge in [-0.2, -0.15) is 0 Å². The summed E-state index contributed by atoms with van der Waals surface area (Å²) in [6, 6.07) is 3.41. The van der Waals surface area contributed by atoms with Gasteiger partial charge < -0.3 is 0 Å². The Labute approximate surface area is 121 Å². The van der Waals surface area contributed by atoms with Gasteiger partial charge in [-0.25, -0.2) is 14.1 Å². The van der Waals surface area contributed by atoms with Crippen LogP contribution in [0.4, 0.5) is 9.18 Å². The summed E-state index contributed by atoms with van der Waals surface area (Å²) in [6.07, 6.45) is 5.69. The van der Waals surface area contributed by atoms with Crippen molar-refractivity contribution in [1.29, 1.82) is 0 Å². The van der Waals surface area contributed by atoms with E-state index in [4.69, 9.17) is 6.42 Å². The van der Waals surface area contributed by atoms with Crippen LogP contribution >= 0.6 is 0 Å². The molecule has 5 nitrogen and oxygen atoms in total. The number of carbonyl (C=O) groups is 3. The minimum absolute atomic E-state index is 0.309. The number of hydrogen-bond acceptors (Lipinski definition) is 3. The molecule has 1 saturated heterocycles. The fourth-order valence-electron chi connectivity index (χ4n) is 2.21. The number of nitrogens with zero attached hydrogens (tertiary/aromatic N) is 1. The van der Waals surface area contributed by atoms with Crippen molar-refractivity contribution in [2.24, 2.45) is 0 Å². The van der Waals surface area contributed by atoms with E-state index in [0.29, 0.717) is 12.0 Å². The van der Waals surface area contributed by atoms with Crippen LogP contribution in [0.25, 0.3) is 0 Å². The predicted octanol–water partition coefficient (Wildman–Crippen LogP) is 1.40. The first kappa shape index (κ1) is 14.7. The zero-order chi connectivity index (χ0) is 15.6. The van der Waals surface area contributed by atoms with Crippen molar-refractivity contribution in [2.75, 3.05) is 0 Å². The van der Waals surface area contributed by atoms with Crippen LogP contribution in [0, 0.1) is 18.2 Å². The largest absolute Gasteiger partial charge is 0.331 e. The van der Waals surface area contributed by atoms with Crippen molar-refractivity contribution in [3.05, 3.63) is 35.6 Å². The summed E-state index contributed by atoms with van der Waals surface area (Å²) in [4.78, 5) is 37.1. The maximum absolute atomic E-state index is 12.9. The van der Waals surface area contributed by atoms with Crippen LogP contribution in [-0.2, 0) is 9.59 Å². The molecule has 1 heterocycles. The first-order chi connectivity index (χ1) is 9.99. The van der Waals surface area contributed by atoms with Crippen molar-refractivity contribution in [3.63, 3.8) is 0 Å². The van der Waals surface area contributed by atoms with Gasteiger partial charge in [0.2, 0.25) is 11.8 Å². The van der Waals surface area contributed by atoms with E-state index >= 15 is 0 Å². The minimum atomic E-state index is -1.20. The van der Waals surface area contributed by atoms with E-state index in [1.54, 1.807) is 6.92 Å². The second-order valence-electron chi connectivity index (χ2n) is 4.58. The lowest BCUT2D eigenvalue weighted by Crippen LogP contribution is -2.59. The Balaban J connectivity index is 2.40. The highest BCUT2D eigenvalue weighted by atomic mass is 19.1. The van der Waals surface area contributed by atoms with Crippen LogP contribution in [0.5, 0.6) is 0 Å². The van der Waals surface area contributed by atoms with Crippen molar-refractivity contribution in [2.45, 2.75) is 25.3 Å². The fourth-order valence-corrected chi connectivity index (χ4v) is 2.21. The first-order valence-electron chi connectivity index (χ1n) is 6.39. The first-order valence-corrected chi connectivity index (χ1v) is 6.39. The number of amides is 4. The van der Waals surface area contributed by atoms with E-state index in [2.05, 4.69) is 11.2 Å². The summed E-state index contributed by atoms with van der Waals surface area (Å²) in [6.45, 7) is 1.73. The molecule has 1 aromatic rings.